The van der Waals surface area contributed by atoms with Gasteiger partial charge in [-0.3, -0.25) is 4.79 Å². The first-order valence-corrected chi connectivity index (χ1v) is 8.35. The second-order valence-corrected chi connectivity index (χ2v) is 6.96. The molecule has 0 saturated heterocycles. The van der Waals surface area contributed by atoms with Gasteiger partial charge in [0.1, 0.15) is 4.21 Å². The van der Waals surface area contributed by atoms with Crippen LogP contribution in [0.5, 0.6) is 0 Å². The predicted octanol–water partition coefficient (Wildman–Crippen LogP) is 0.141. The van der Waals surface area contributed by atoms with E-state index in [-0.39, 0.29) is 22.7 Å². The molecule has 108 valence electrons. The third-order valence-corrected chi connectivity index (χ3v) is 5.14. The predicted molar refractivity (Wildman–Crippen MR) is 75.7 cm³/mol. The molecule has 0 radical (unpaired) electrons. The van der Waals surface area contributed by atoms with E-state index < -0.39 is 10.0 Å². The van der Waals surface area contributed by atoms with Gasteiger partial charge < -0.3 is 10.6 Å². The van der Waals surface area contributed by atoms with Crippen molar-refractivity contribution in [2.45, 2.75) is 24.1 Å². The van der Waals surface area contributed by atoms with Crippen LogP contribution in [-0.2, 0) is 14.8 Å². The van der Waals surface area contributed by atoms with Crippen molar-refractivity contribution in [3.05, 3.63) is 17.5 Å². The largest absolute Gasteiger partial charge is 0.353 e. The summed E-state index contributed by atoms with van der Waals surface area (Å²) in [5, 5.41) is 7.48. The molecule has 0 aromatic carbocycles. The molecule has 19 heavy (non-hydrogen) atoms. The zero-order valence-corrected chi connectivity index (χ0v) is 12.6. The van der Waals surface area contributed by atoms with Crippen molar-refractivity contribution >= 4 is 27.3 Å². The summed E-state index contributed by atoms with van der Waals surface area (Å²) in [6, 6.07) is 3.30. The molecule has 0 aliphatic carbocycles. The monoisotopic (exact) mass is 305 g/mol. The Labute approximate surface area is 117 Å². The lowest BCUT2D eigenvalue weighted by molar-refractivity contribution is -0.120. The molecule has 0 bridgehead atoms. The fourth-order valence-corrected chi connectivity index (χ4v) is 3.42. The molecule has 8 heteroatoms. The molecule has 1 amide bonds. The number of carbonyl (C=O) groups is 1. The quantitative estimate of drug-likeness (QED) is 0.637. The van der Waals surface area contributed by atoms with Crippen molar-refractivity contribution < 1.29 is 13.2 Å². The molecule has 3 N–H and O–H groups in total. The second kappa shape index (κ2) is 7.59. The Morgan fingerprint density at radius 2 is 2.21 bits per heavy atom. The van der Waals surface area contributed by atoms with Crippen molar-refractivity contribution in [2.75, 3.05) is 19.6 Å². The van der Waals surface area contributed by atoms with Crippen LogP contribution in [0.1, 0.15) is 13.8 Å². The highest BCUT2D eigenvalue weighted by Crippen LogP contribution is 2.14. The van der Waals surface area contributed by atoms with Crippen molar-refractivity contribution in [3.8, 4) is 0 Å². The maximum Gasteiger partial charge on any atom is 0.250 e. The number of amides is 1. The maximum absolute atomic E-state index is 11.7. The summed E-state index contributed by atoms with van der Waals surface area (Å²) < 4.78 is 26.0. The first kappa shape index (κ1) is 16.1. The van der Waals surface area contributed by atoms with E-state index in [4.69, 9.17) is 0 Å². The van der Waals surface area contributed by atoms with Gasteiger partial charge in [-0.25, -0.2) is 13.1 Å². The average Bonchev–Trinajstić information content (AvgIpc) is 2.89. The molecule has 0 unspecified atom stereocenters. The molecule has 1 rings (SSSR count). The van der Waals surface area contributed by atoms with Crippen LogP contribution in [0, 0.1) is 0 Å². The minimum atomic E-state index is -3.57. The van der Waals surface area contributed by atoms with Crippen LogP contribution in [0.15, 0.2) is 21.7 Å². The Morgan fingerprint density at radius 3 is 2.79 bits per heavy atom. The summed E-state index contributed by atoms with van der Waals surface area (Å²) in [4.78, 5) is 11.5. The minimum absolute atomic E-state index is 0.155. The smallest absolute Gasteiger partial charge is 0.250 e. The first-order valence-electron chi connectivity index (χ1n) is 5.99. The minimum Gasteiger partial charge on any atom is -0.353 e. The Kier molecular flexibility index (Phi) is 6.43. The van der Waals surface area contributed by atoms with E-state index in [1.54, 1.807) is 11.4 Å². The van der Waals surface area contributed by atoms with E-state index in [1.807, 2.05) is 13.8 Å². The van der Waals surface area contributed by atoms with E-state index in [0.29, 0.717) is 6.54 Å². The zero-order valence-electron chi connectivity index (χ0n) is 11.0. The second-order valence-electron chi connectivity index (χ2n) is 4.02. The van der Waals surface area contributed by atoms with Gasteiger partial charge in [0.25, 0.3) is 10.0 Å². The van der Waals surface area contributed by atoms with Crippen LogP contribution in [0.2, 0.25) is 0 Å². The average molecular weight is 305 g/mol. The SMILES string of the molecule is CCN[C@H](C)CNC(=O)CNS(=O)(=O)c1cccs1. The summed E-state index contributed by atoms with van der Waals surface area (Å²) in [5.74, 6) is -0.343. The van der Waals surface area contributed by atoms with E-state index in [1.165, 1.54) is 6.07 Å². The van der Waals surface area contributed by atoms with Gasteiger partial charge in [-0.2, -0.15) is 0 Å². The molecule has 0 fully saturated rings. The van der Waals surface area contributed by atoms with Crippen LogP contribution in [0.3, 0.4) is 0 Å². The summed E-state index contributed by atoms with van der Waals surface area (Å²) in [6.45, 7) is 4.96. The van der Waals surface area contributed by atoms with Crippen LogP contribution in [0.4, 0.5) is 0 Å². The molecule has 1 heterocycles. The van der Waals surface area contributed by atoms with E-state index in [2.05, 4.69) is 15.4 Å². The van der Waals surface area contributed by atoms with Crippen molar-refractivity contribution in [1.82, 2.24) is 15.4 Å². The standard InChI is InChI=1S/C11H19N3O3S2/c1-3-12-9(2)7-13-10(15)8-14-19(16,17)11-5-4-6-18-11/h4-6,9,12,14H,3,7-8H2,1-2H3,(H,13,15)/t9-/m1/s1. The first-order chi connectivity index (χ1) is 8.95. The Morgan fingerprint density at radius 1 is 1.47 bits per heavy atom. The summed E-state index contributed by atoms with van der Waals surface area (Å²) >= 11 is 1.11. The topological polar surface area (TPSA) is 87.3 Å². The maximum atomic E-state index is 11.7. The van der Waals surface area contributed by atoms with Gasteiger partial charge in [0.05, 0.1) is 6.54 Å². The number of sulfonamides is 1. The summed E-state index contributed by atoms with van der Waals surface area (Å²) in [7, 11) is -3.57. The third kappa shape index (κ3) is 5.68. The normalized spacial score (nSPS) is 13.2. The van der Waals surface area contributed by atoms with Crippen LogP contribution in [-0.4, -0.2) is 40.0 Å². The Bertz CT molecular complexity index is 485. The lowest BCUT2D eigenvalue weighted by atomic mass is 10.3. The lowest BCUT2D eigenvalue weighted by Gasteiger charge is -2.13. The number of rotatable bonds is 8. The van der Waals surface area contributed by atoms with Crippen molar-refractivity contribution in [3.63, 3.8) is 0 Å². The van der Waals surface area contributed by atoms with Crippen molar-refractivity contribution in [1.29, 1.82) is 0 Å². The molecular weight excluding hydrogens is 286 g/mol. The van der Waals surface area contributed by atoms with Gasteiger partial charge in [0.2, 0.25) is 5.91 Å². The third-order valence-electron chi connectivity index (χ3n) is 2.34. The van der Waals surface area contributed by atoms with E-state index in [0.717, 1.165) is 17.9 Å². The van der Waals surface area contributed by atoms with Crippen LogP contribution in [0.25, 0.3) is 0 Å². The Hall–Kier alpha value is -0.960. The summed E-state index contributed by atoms with van der Waals surface area (Å²) in [6.07, 6.45) is 0. The number of likely N-dealkylation sites (N-methyl/N-ethyl adjacent to an activating group) is 1. The number of carbonyl (C=O) groups excluding carboxylic acids is 1. The number of thiophene rings is 1. The fourth-order valence-electron chi connectivity index (χ4n) is 1.40. The van der Waals surface area contributed by atoms with Gasteiger partial charge in [0.15, 0.2) is 0 Å². The highest BCUT2D eigenvalue weighted by atomic mass is 32.2. The highest BCUT2D eigenvalue weighted by Gasteiger charge is 2.16. The van der Waals surface area contributed by atoms with Gasteiger partial charge in [-0.1, -0.05) is 13.0 Å². The molecule has 1 aromatic heterocycles. The molecule has 0 spiro atoms. The van der Waals surface area contributed by atoms with Gasteiger partial charge in [-0.15, -0.1) is 11.3 Å². The van der Waals surface area contributed by atoms with Gasteiger partial charge in [0, 0.05) is 12.6 Å². The molecule has 0 aliphatic rings. The molecule has 1 aromatic rings. The fraction of sp³-hybridized carbons (Fsp3) is 0.545. The molecule has 0 saturated carbocycles. The van der Waals surface area contributed by atoms with E-state index in [9.17, 15) is 13.2 Å². The number of hydrogen-bond donors (Lipinski definition) is 3. The zero-order chi connectivity index (χ0) is 14.3. The Balaban J connectivity index is 2.34. The van der Waals surface area contributed by atoms with Crippen molar-refractivity contribution in [2.24, 2.45) is 0 Å². The van der Waals surface area contributed by atoms with E-state index >= 15 is 0 Å². The lowest BCUT2D eigenvalue weighted by Crippen LogP contribution is -2.42. The summed E-state index contributed by atoms with van der Waals surface area (Å²) in [5.41, 5.74) is 0. The molecule has 0 aliphatic heterocycles. The van der Waals surface area contributed by atoms with Crippen LogP contribution < -0.4 is 15.4 Å². The van der Waals surface area contributed by atoms with Gasteiger partial charge in [-0.05, 0) is 24.9 Å². The molecule has 6 nitrogen and oxygen atoms in total. The highest BCUT2D eigenvalue weighted by molar-refractivity contribution is 7.91. The number of nitrogens with one attached hydrogen (secondary N) is 3. The molecular formula is C11H19N3O3S2. The molecule has 1 atom stereocenters. The number of hydrogen-bond acceptors (Lipinski definition) is 5. The van der Waals surface area contributed by atoms with Crippen LogP contribution >= 0.6 is 11.3 Å². The van der Waals surface area contributed by atoms with Gasteiger partial charge >= 0.3 is 0 Å².